The van der Waals surface area contributed by atoms with Gasteiger partial charge in [0.05, 0.1) is 0 Å². The first-order valence-electron chi connectivity index (χ1n) is 18.0. The van der Waals surface area contributed by atoms with Gasteiger partial charge in [-0.1, -0.05) is 194 Å². The number of hydrogen-bond donors (Lipinski definition) is 0. The Morgan fingerprint density at radius 2 is 0.526 bits per heavy atom. The highest BCUT2D eigenvalue weighted by atomic mass is 16.2. The van der Waals surface area contributed by atoms with Gasteiger partial charge in [0, 0.05) is 20.0 Å². The van der Waals surface area contributed by atoms with Crippen molar-refractivity contribution in [2.75, 3.05) is 13.1 Å². The zero-order valence-corrected chi connectivity index (χ0v) is 27.0. The van der Waals surface area contributed by atoms with E-state index < -0.39 is 0 Å². The highest BCUT2D eigenvalue weighted by Gasteiger charge is 2.07. The number of carbonyl (C=O) groups is 1. The topological polar surface area (TPSA) is 20.3 Å². The molecule has 1 amide bonds. The number of hydrogen-bond acceptors (Lipinski definition) is 1. The summed E-state index contributed by atoms with van der Waals surface area (Å²) in [7, 11) is 0. The van der Waals surface area contributed by atoms with Gasteiger partial charge >= 0.3 is 0 Å². The van der Waals surface area contributed by atoms with Crippen molar-refractivity contribution in [2.45, 2.75) is 213 Å². The molecule has 0 rings (SSSR count). The van der Waals surface area contributed by atoms with Gasteiger partial charge in [-0.2, -0.15) is 0 Å². The number of carbonyl (C=O) groups excluding carboxylic acids is 1. The predicted molar refractivity (Wildman–Crippen MR) is 172 cm³/mol. The second-order valence-corrected chi connectivity index (χ2v) is 12.4. The summed E-state index contributed by atoms with van der Waals surface area (Å²) >= 11 is 0. The Hall–Kier alpha value is -0.530. The zero-order valence-electron chi connectivity index (χ0n) is 27.0. The third-order valence-corrected chi connectivity index (χ3v) is 8.51. The van der Waals surface area contributed by atoms with Crippen molar-refractivity contribution in [3.05, 3.63) is 0 Å². The maximum Gasteiger partial charge on any atom is 0.219 e. The monoisotopic (exact) mass is 536 g/mol. The second kappa shape index (κ2) is 32.7. The highest BCUT2D eigenvalue weighted by Crippen LogP contribution is 2.15. The predicted octanol–water partition coefficient (Wildman–Crippen LogP) is 12.6. The minimum absolute atomic E-state index is 0.278. The highest BCUT2D eigenvalue weighted by molar-refractivity contribution is 5.73. The van der Waals surface area contributed by atoms with Crippen LogP contribution in [0.25, 0.3) is 0 Å². The van der Waals surface area contributed by atoms with Gasteiger partial charge in [0.25, 0.3) is 0 Å². The lowest BCUT2D eigenvalue weighted by atomic mass is 10.0. The molecule has 0 fully saturated rings. The maximum absolute atomic E-state index is 12.0. The van der Waals surface area contributed by atoms with Crippen LogP contribution in [0.15, 0.2) is 0 Å². The SMILES string of the molecule is CCCCCCCCCCCCCCCCCCN(CCCCCCCCCCCCCCCC)C(C)=O. The molecule has 0 aromatic heterocycles. The van der Waals surface area contributed by atoms with E-state index in [0.717, 1.165) is 13.1 Å². The largest absolute Gasteiger partial charge is 0.343 e. The second-order valence-electron chi connectivity index (χ2n) is 12.4. The molecule has 0 aliphatic carbocycles. The van der Waals surface area contributed by atoms with E-state index in [1.807, 2.05) is 0 Å². The Morgan fingerprint density at radius 1 is 0.342 bits per heavy atom. The molecule has 0 heterocycles. The summed E-state index contributed by atoms with van der Waals surface area (Å²) in [6, 6.07) is 0. The normalized spacial score (nSPS) is 11.3. The van der Waals surface area contributed by atoms with Crippen LogP contribution in [0.5, 0.6) is 0 Å². The van der Waals surface area contributed by atoms with E-state index in [1.54, 1.807) is 6.92 Å². The molecule has 0 bridgehead atoms. The lowest BCUT2D eigenvalue weighted by molar-refractivity contribution is -0.129. The van der Waals surface area contributed by atoms with E-state index in [4.69, 9.17) is 0 Å². The molecule has 0 unspecified atom stereocenters. The van der Waals surface area contributed by atoms with Gasteiger partial charge in [0.1, 0.15) is 0 Å². The Morgan fingerprint density at radius 3 is 0.711 bits per heavy atom. The van der Waals surface area contributed by atoms with Gasteiger partial charge in [0.15, 0.2) is 0 Å². The van der Waals surface area contributed by atoms with E-state index in [2.05, 4.69) is 18.7 Å². The molecule has 0 aliphatic heterocycles. The van der Waals surface area contributed by atoms with E-state index in [9.17, 15) is 4.79 Å². The van der Waals surface area contributed by atoms with Gasteiger partial charge < -0.3 is 4.90 Å². The summed E-state index contributed by atoms with van der Waals surface area (Å²) in [4.78, 5) is 14.1. The average molecular weight is 536 g/mol. The Balaban J connectivity index is 3.38. The molecule has 2 heteroatoms. The maximum atomic E-state index is 12.0. The van der Waals surface area contributed by atoms with Crippen LogP contribution in [0, 0.1) is 0 Å². The lowest BCUT2D eigenvalue weighted by Gasteiger charge is -2.21. The van der Waals surface area contributed by atoms with Crippen molar-refractivity contribution in [2.24, 2.45) is 0 Å². The first kappa shape index (κ1) is 37.5. The molecule has 0 saturated carbocycles. The summed E-state index contributed by atoms with van der Waals surface area (Å²) in [6.45, 7) is 8.31. The zero-order chi connectivity index (χ0) is 27.8. The van der Waals surface area contributed by atoms with Crippen LogP contribution in [-0.4, -0.2) is 23.9 Å². The van der Waals surface area contributed by atoms with Crippen molar-refractivity contribution in [3.63, 3.8) is 0 Å². The molecule has 0 N–H and O–H groups in total. The Kier molecular flexibility index (Phi) is 32.2. The standard InChI is InChI=1S/C36H73NO/c1-4-6-8-10-12-14-16-18-20-21-23-25-27-29-31-33-35-37(36(3)38)34-32-30-28-26-24-22-19-17-15-13-11-9-7-5-2/h4-35H2,1-3H3. The molecule has 0 aromatic rings. The fourth-order valence-corrected chi connectivity index (χ4v) is 5.77. The minimum atomic E-state index is 0.278. The van der Waals surface area contributed by atoms with Crippen LogP contribution in [0.2, 0.25) is 0 Å². The quantitative estimate of drug-likeness (QED) is 0.0784. The number of amides is 1. The lowest BCUT2D eigenvalue weighted by Crippen LogP contribution is -2.30. The van der Waals surface area contributed by atoms with Crippen LogP contribution in [0.3, 0.4) is 0 Å². The summed E-state index contributed by atoms with van der Waals surface area (Å²) < 4.78 is 0. The van der Waals surface area contributed by atoms with E-state index in [1.165, 1.54) is 193 Å². The van der Waals surface area contributed by atoms with Gasteiger partial charge in [-0.25, -0.2) is 0 Å². The molecule has 228 valence electrons. The first-order valence-corrected chi connectivity index (χ1v) is 18.0. The van der Waals surface area contributed by atoms with Crippen molar-refractivity contribution in [1.82, 2.24) is 4.90 Å². The van der Waals surface area contributed by atoms with Crippen molar-refractivity contribution < 1.29 is 4.79 Å². The average Bonchev–Trinajstić information content (AvgIpc) is 2.91. The number of unbranched alkanes of at least 4 members (excludes halogenated alkanes) is 28. The number of rotatable bonds is 32. The molecule has 0 atom stereocenters. The van der Waals surface area contributed by atoms with Crippen molar-refractivity contribution in [1.29, 1.82) is 0 Å². The molecule has 0 radical (unpaired) electrons. The van der Waals surface area contributed by atoms with Gasteiger partial charge in [0.2, 0.25) is 5.91 Å². The van der Waals surface area contributed by atoms with E-state index in [0.29, 0.717) is 0 Å². The Bertz CT molecular complexity index is 449. The molecule has 0 aromatic carbocycles. The summed E-state index contributed by atoms with van der Waals surface area (Å²) in [5.74, 6) is 0.278. The van der Waals surface area contributed by atoms with Crippen molar-refractivity contribution >= 4 is 5.91 Å². The van der Waals surface area contributed by atoms with Gasteiger partial charge in [-0.15, -0.1) is 0 Å². The third-order valence-electron chi connectivity index (χ3n) is 8.51. The van der Waals surface area contributed by atoms with Crippen molar-refractivity contribution in [3.8, 4) is 0 Å². The molecule has 0 saturated heterocycles. The molecule has 0 aliphatic rings. The fraction of sp³-hybridized carbons (Fsp3) is 0.972. The third kappa shape index (κ3) is 30.0. The smallest absolute Gasteiger partial charge is 0.219 e. The van der Waals surface area contributed by atoms with Crippen LogP contribution < -0.4 is 0 Å². The van der Waals surface area contributed by atoms with Crippen LogP contribution in [-0.2, 0) is 4.79 Å². The van der Waals surface area contributed by atoms with Gasteiger partial charge in [-0.05, 0) is 12.8 Å². The first-order chi connectivity index (χ1) is 18.7. The van der Waals surface area contributed by atoms with Crippen LogP contribution in [0.4, 0.5) is 0 Å². The van der Waals surface area contributed by atoms with Crippen LogP contribution in [0.1, 0.15) is 213 Å². The molecular formula is C36H73NO. The van der Waals surface area contributed by atoms with E-state index >= 15 is 0 Å². The number of nitrogens with zero attached hydrogens (tertiary/aromatic N) is 1. The molecule has 0 spiro atoms. The molecule has 2 nitrogen and oxygen atoms in total. The molecular weight excluding hydrogens is 462 g/mol. The van der Waals surface area contributed by atoms with Crippen LogP contribution >= 0.6 is 0 Å². The van der Waals surface area contributed by atoms with Gasteiger partial charge in [-0.3, -0.25) is 4.79 Å². The summed E-state index contributed by atoms with van der Waals surface area (Å²) in [5.41, 5.74) is 0. The Labute approximate surface area is 241 Å². The molecule has 38 heavy (non-hydrogen) atoms. The fourth-order valence-electron chi connectivity index (χ4n) is 5.77. The minimum Gasteiger partial charge on any atom is -0.343 e. The summed E-state index contributed by atoms with van der Waals surface area (Å²) in [6.07, 6.45) is 41.9. The van der Waals surface area contributed by atoms with E-state index in [-0.39, 0.29) is 5.91 Å². The summed E-state index contributed by atoms with van der Waals surface area (Å²) in [5, 5.41) is 0.